The number of hydrogen-bond donors (Lipinski definition) is 0. The Hall–Kier alpha value is -0.0500. The first-order valence-electron chi connectivity index (χ1n) is 1.61. The van der Waals surface area contributed by atoms with Gasteiger partial charge in [-0.1, -0.05) is 21.1 Å². The molecule has 0 bridgehead atoms. The van der Waals surface area contributed by atoms with E-state index in [4.69, 9.17) is 0 Å². The molecular formula is C3H3BrNO. The fraction of sp³-hybridized carbons (Fsp3) is 0.667. The van der Waals surface area contributed by atoms with Gasteiger partial charge in [-0.2, -0.15) is 0 Å². The van der Waals surface area contributed by atoms with Crippen LogP contribution in [-0.4, -0.2) is 17.6 Å². The molecule has 0 saturated carbocycles. The van der Waals surface area contributed by atoms with Crippen LogP contribution in [0.15, 0.2) is 5.16 Å². The van der Waals surface area contributed by atoms with Crippen molar-refractivity contribution in [3.05, 3.63) is 0 Å². The Labute approximate surface area is 44.3 Å². The van der Waals surface area contributed by atoms with E-state index in [0.717, 1.165) is 0 Å². The topological polar surface area (TPSA) is 21.6 Å². The van der Waals surface area contributed by atoms with E-state index in [2.05, 4.69) is 32.1 Å². The third-order valence-corrected chi connectivity index (χ3v) is 0.947. The first kappa shape index (κ1) is 4.12. The van der Waals surface area contributed by atoms with Crippen LogP contribution in [0.1, 0.15) is 0 Å². The molecule has 1 aliphatic heterocycles. The molecule has 1 rings (SSSR count). The van der Waals surface area contributed by atoms with Gasteiger partial charge in [-0.05, 0) is 0 Å². The first-order chi connectivity index (χ1) is 2.89. The van der Waals surface area contributed by atoms with Crippen molar-refractivity contribution < 1.29 is 4.84 Å². The first-order valence-corrected chi connectivity index (χ1v) is 2.53. The van der Waals surface area contributed by atoms with Gasteiger partial charge in [-0.25, -0.2) is 0 Å². The highest BCUT2D eigenvalue weighted by Gasteiger charge is 2.05. The van der Waals surface area contributed by atoms with Gasteiger partial charge in [0.15, 0.2) is 0 Å². The molecule has 6 heavy (non-hydrogen) atoms. The second-order valence-electron chi connectivity index (χ2n) is 0.984. The van der Waals surface area contributed by atoms with Crippen LogP contribution in [0.25, 0.3) is 0 Å². The summed E-state index contributed by atoms with van der Waals surface area (Å²) in [5.74, 6) is 0. The minimum Gasteiger partial charge on any atom is -0.394 e. The minimum atomic E-state index is 0.220. The Balaban J connectivity index is 2.38. The van der Waals surface area contributed by atoms with Crippen LogP contribution in [-0.2, 0) is 4.84 Å². The molecule has 0 fully saturated rings. The Morgan fingerprint density at radius 2 is 2.83 bits per heavy atom. The lowest BCUT2D eigenvalue weighted by atomic mass is 10.5. The van der Waals surface area contributed by atoms with Crippen LogP contribution in [0, 0.1) is 0 Å². The predicted octanol–water partition coefficient (Wildman–Crippen LogP) is 0.643. The highest BCUT2D eigenvalue weighted by molar-refractivity contribution is 9.10. The largest absolute Gasteiger partial charge is 0.394 e. The van der Waals surface area contributed by atoms with E-state index < -0.39 is 0 Å². The molecule has 0 amide bonds. The second kappa shape index (κ2) is 1.60. The summed E-state index contributed by atoms with van der Waals surface area (Å²) in [6.07, 6.45) is 2.64. The molecule has 2 nitrogen and oxygen atoms in total. The fourth-order valence-electron chi connectivity index (χ4n) is 0.234. The van der Waals surface area contributed by atoms with E-state index in [0.29, 0.717) is 6.61 Å². The zero-order chi connectivity index (χ0) is 4.41. The van der Waals surface area contributed by atoms with Crippen LogP contribution < -0.4 is 0 Å². The molecule has 0 N–H and O–H groups in total. The SMILES string of the molecule is BrC1[C]=NOC1. The normalized spacial score (nSPS) is 30.5. The maximum absolute atomic E-state index is 4.52. The number of alkyl halides is 1. The zero-order valence-electron chi connectivity index (χ0n) is 3.02. The van der Waals surface area contributed by atoms with Crippen molar-refractivity contribution in [1.82, 2.24) is 0 Å². The minimum absolute atomic E-state index is 0.220. The van der Waals surface area contributed by atoms with Gasteiger partial charge in [0.2, 0.25) is 0 Å². The van der Waals surface area contributed by atoms with E-state index in [-0.39, 0.29) is 4.83 Å². The fourth-order valence-corrected chi connectivity index (χ4v) is 0.436. The molecule has 0 aromatic rings. The van der Waals surface area contributed by atoms with Crippen molar-refractivity contribution in [2.75, 3.05) is 6.61 Å². The number of halogens is 1. The van der Waals surface area contributed by atoms with Gasteiger partial charge in [0.25, 0.3) is 0 Å². The van der Waals surface area contributed by atoms with Gasteiger partial charge >= 0.3 is 0 Å². The summed E-state index contributed by atoms with van der Waals surface area (Å²) in [6, 6.07) is 0. The monoisotopic (exact) mass is 148 g/mol. The van der Waals surface area contributed by atoms with Gasteiger partial charge in [0, 0.05) is 0 Å². The third kappa shape index (κ3) is 0.712. The van der Waals surface area contributed by atoms with Crippen molar-refractivity contribution in [1.29, 1.82) is 0 Å². The molecule has 1 unspecified atom stereocenters. The molecule has 0 saturated heterocycles. The molecular weight excluding hydrogens is 146 g/mol. The van der Waals surface area contributed by atoms with E-state index in [1.165, 1.54) is 0 Å². The molecule has 0 aromatic carbocycles. The van der Waals surface area contributed by atoms with Gasteiger partial charge in [-0.3, -0.25) is 0 Å². The maximum atomic E-state index is 4.52. The summed E-state index contributed by atoms with van der Waals surface area (Å²) in [4.78, 5) is 4.74. The van der Waals surface area contributed by atoms with Gasteiger partial charge in [0.1, 0.15) is 12.8 Å². The van der Waals surface area contributed by atoms with Crippen LogP contribution >= 0.6 is 15.9 Å². The number of rotatable bonds is 0. The van der Waals surface area contributed by atoms with E-state index >= 15 is 0 Å². The summed E-state index contributed by atoms with van der Waals surface area (Å²) in [5, 5.41) is 3.37. The van der Waals surface area contributed by atoms with Crippen molar-refractivity contribution in [3.63, 3.8) is 0 Å². The lowest BCUT2D eigenvalue weighted by molar-refractivity contribution is 0.176. The quantitative estimate of drug-likeness (QED) is 0.463. The second-order valence-corrected chi connectivity index (χ2v) is 2.09. The van der Waals surface area contributed by atoms with Crippen LogP contribution in [0.4, 0.5) is 0 Å². The van der Waals surface area contributed by atoms with Gasteiger partial charge < -0.3 is 4.84 Å². The Morgan fingerprint density at radius 1 is 2.00 bits per heavy atom. The molecule has 1 radical (unpaired) electrons. The lowest BCUT2D eigenvalue weighted by Gasteiger charge is -1.84. The van der Waals surface area contributed by atoms with Crippen LogP contribution in [0.2, 0.25) is 0 Å². The maximum Gasteiger partial charge on any atom is 0.135 e. The molecule has 3 heteroatoms. The van der Waals surface area contributed by atoms with E-state index in [1.54, 1.807) is 0 Å². The average Bonchev–Trinajstić information content (AvgIpc) is 1.86. The Morgan fingerprint density at radius 3 is 3.00 bits per heavy atom. The number of hydrogen-bond acceptors (Lipinski definition) is 2. The summed E-state index contributed by atoms with van der Waals surface area (Å²) < 4.78 is 0. The van der Waals surface area contributed by atoms with Crippen molar-refractivity contribution in [3.8, 4) is 0 Å². The van der Waals surface area contributed by atoms with E-state index in [9.17, 15) is 0 Å². The Kier molecular flexibility index (Phi) is 1.10. The summed E-state index contributed by atoms with van der Waals surface area (Å²) in [5.41, 5.74) is 0. The summed E-state index contributed by atoms with van der Waals surface area (Å²) in [6.45, 7) is 0.625. The zero-order valence-corrected chi connectivity index (χ0v) is 4.60. The van der Waals surface area contributed by atoms with Crippen LogP contribution in [0.3, 0.4) is 0 Å². The lowest BCUT2D eigenvalue weighted by Crippen LogP contribution is -1.96. The van der Waals surface area contributed by atoms with Crippen molar-refractivity contribution in [2.45, 2.75) is 4.83 Å². The van der Waals surface area contributed by atoms with Crippen molar-refractivity contribution >= 4 is 22.1 Å². The standard InChI is InChI=1S/C3H3BrNO/c4-3-1-5-6-2-3/h3H,2H2. The van der Waals surface area contributed by atoms with Gasteiger partial charge in [0.05, 0.1) is 4.83 Å². The highest BCUT2D eigenvalue weighted by Crippen LogP contribution is 2.01. The predicted molar refractivity (Wildman–Crippen MR) is 26.1 cm³/mol. The third-order valence-electron chi connectivity index (χ3n) is 0.478. The molecule has 33 valence electrons. The highest BCUT2D eigenvalue weighted by atomic mass is 79.9. The van der Waals surface area contributed by atoms with Crippen LogP contribution in [0.5, 0.6) is 0 Å². The molecule has 1 aliphatic rings. The van der Waals surface area contributed by atoms with Crippen molar-refractivity contribution in [2.24, 2.45) is 5.16 Å². The number of nitrogens with zero attached hydrogens (tertiary/aromatic N) is 1. The Bertz CT molecular complexity index is 73.2. The molecule has 0 aromatic heterocycles. The molecule has 1 heterocycles. The molecule has 1 atom stereocenters. The van der Waals surface area contributed by atoms with Gasteiger partial charge in [-0.15, -0.1) is 0 Å². The summed E-state index contributed by atoms with van der Waals surface area (Å²) >= 11 is 3.21. The van der Waals surface area contributed by atoms with E-state index in [1.807, 2.05) is 0 Å². The summed E-state index contributed by atoms with van der Waals surface area (Å²) in [7, 11) is 0. The smallest absolute Gasteiger partial charge is 0.135 e. The molecule has 0 spiro atoms. The molecule has 0 aliphatic carbocycles. The average molecular weight is 149 g/mol.